The zero-order valence-corrected chi connectivity index (χ0v) is 14.3. The van der Waals surface area contributed by atoms with E-state index >= 15 is 0 Å². The number of hydrogen-bond donors (Lipinski definition) is 1. The first kappa shape index (κ1) is 18.7. The lowest BCUT2D eigenvalue weighted by atomic mass is 10.1. The minimum absolute atomic E-state index is 0.0139. The molecule has 0 radical (unpaired) electrons. The molecule has 0 aliphatic heterocycles. The summed E-state index contributed by atoms with van der Waals surface area (Å²) < 4.78 is 30.1. The van der Waals surface area contributed by atoms with Crippen LogP contribution in [0.5, 0.6) is 11.5 Å². The van der Waals surface area contributed by atoms with Gasteiger partial charge in [0.2, 0.25) is 0 Å². The van der Waals surface area contributed by atoms with Crippen LogP contribution in [-0.2, 0) is 22.6 Å². The number of rotatable bonds is 8. The fourth-order valence-electron chi connectivity index (χ4n) is 2.31. The van der Waals surface area contributed by atoms with Gasteiger partial charge in [-0.3, -0.25) is 4.79 Å². The van der Waals surface area contributed by atoms with Gasteiger partial charge in [-0.2, -0.15) is 0 Å². The maximum Gasteiger partial charge on any atom is 0.323 e. The van der Waals surface area contributed by atoms with Gasteiger partial charge in [0.05, 0.1) is 13.7 Å². The smallest absolute Gasteiger partial charge is 0.323 e. The third-order valence-electron chi connectivity index (χ3n) is 3.60. The molecule has 2 aromatic rings. The first-order valence-corrected chi connectivity index (χ1v) is 8.00. The normalized spacial score (nSPS) is 11.7. The van der Waals surface area contributed by atoms with Crippen molar-refractivity contribution in [1.82, 2.24) is 0 Å². The van der Waals surface area contributed by atoms with E-state index in [2.05, 4.69) is 0 Å². The molecular formula is C19H22FNO4. The standard InChI is InChI=1S/C19H22FNO4/c1-3-24-19(22)16(21)9-14-10-17(23-2)18(11-15(14)20)25-12-13-7-5-4-6-8-13/h4-8,10-11,16H,3,9,12,21H2,1-2H3. The van der Waals surface area contributed by atoms with Gasteiger partial charge < -0.3 is 19.9 Å². The summed E-state index contributed by atoms with van der Waals surface area (Å²) in [5.74, 6) is -0.408. The maximum absolute atomic E-state index is 14.4. The molecule has 0 fully saturated rings. The highest BCUT2D eigenvalue weighted by molar-refractivity contribution is 5.75. The maximum atomic E-state index is 14.4. The summed E-state index contributed by atoms with van der Waals surface area (Å²) in [6.45, 7) is 2.20. The van der Waals surface area contributed by atoms with E-state index in [0.717, 1.165) is 5.56 Å². The minimum atomic E-state index is -0.935. The van der Waals surface area contributed by atoms with Gasteiger partial charge in [-0.15, -0.1) is 0 Å². The summed E-state index contributed by atoms with van der Waals surface area (Å²) in [5, 5.41) is 0. The quantitative estimate of drug-likeness (QED) is 0.744. The number of esters is 1. The molecule has 0 aromatic heterocycles. The van der Waals surface area contributed by atoms with Crippen LogP contribution in [0.15, 0.2) is 42.5 Å². The van der Waals surface area contributed by atoms with Crippen molar-refractivity contribution >= 4 is 5.97 Å². The van der Waals surface area contributed by atoms with Crippen molar-refractivity contribution in [2.45, 2.75) is 26.0 Å². The number of carbonyl (C=O) groups is 1. The molecule has 2 rings (SSSR count). The predicted molar refractivity (Wildman–Crippen MR) is 92.0 cm³/mol. The van der Waals surface area contributed by atoms with Crippen LogP contribution in [0, 0.1) is 5.82 Å². The molecule has 6 heteroatoms. The topological polar surface area (TPSA) is 70.8 Å². The van der Waals surface area contributed by atoms with Crippen LogP contribution in [-0.4, -0.2) is 25.7 Å². The van der Waals surface area contributed by atoms with Gasteiger partial charge in [0.15, 0.2) is 11.5 Å². The van der Waals surface area contributed by atoms with Crippen molar-refractivity contribution < 1.29 is 23.4 Å². The lowest BCUT2D eigenvalue weighted by Gasteiger charge is -2.15. The van der Waals surface area contributed by atoms with Gasteiger partial charge in [-0.1, -0.05) is 30.3 Å². The predicted octanol–water partition coefficient (Wildman–Crippen LogP) is 2.85. The first-order valence-electron chi connectivity index (χ1n) is 8.00. The van der Waals surface area contributed by atoms with Crippen molar-refractivity contribution in [3.63, 3.8) is 0 Å². The Bertz CT molecular complexity index is 706. The lowest BCUT2D eigenvalue weighted by Crippen LogP contribution is -2.34. The number of nitrogens with two attached hydrogens (primary N) is 1. The molecule has 25 heavy (non-hydrogen) atoms. The molecule has 0 aliphatic rings. The molecule has 1 atom stereocenters. The molecule has 0 amide bonds. The van der Waals surface area contributed by atoms with Gasteiger partial charge in [-0.05, 0) is 24.1 Å². The molecule has 2 aromatic carbocycles. The van der Waals surface area contributed by atoms with Crippen molar-refractivity contribution in [2.24, 2.45) is 5.73 Å². The molecule has 0 bridgehead atoms. The highest BCUT2D eigenvalue weighted by Crippen LogP contribution is 2.31. The number of halogens is 1. The Morgan fingerprint density at radius 2 is 1.92 bits per heavy atom. The van der Waals surface area contributed by atoms with Gasteiger partial charge >= 0.3 is 5.97 Å². The summed E-state index contributed by atoms with van der Waals surface area (Å²) in [6.07, 6.45) is 0.0139. The van der Waals surface area contributed by atoms with Gasteiger partial charge in [0.1, 0.15) is 18.5 Å². The Morgan fingerprint density at radius 1 is 1.20 bits per heavy atom. The second-order valence-electron chi connectivity index (χ2n) is 5.43. The SMILES string of the molecule is CCOC(=O)C(N)Cc1cc(OC)c(OCc2ccccc2)cc1F. The average Bonchev–Trinajstić information content (AvgIpc) is 2.62. The van der Waals surface area contributed by atoms with Gasteiger partial charge in [0, 0.05) is 12.5 Å². The Kier molecular flexibility index (Phi) is 6.77. The van der Waals surface area contributed by atoms with Crippen LogP contribution in [0.1, 0.15) is 18.1 Å². The van der Waals surface area contributed by atoms with E-state index in [-0.39, 0.29) is 24.3 Å². The second-order valence-corrected chi connectivity index (χ2v) is 5.43. The van der Waals surface area contributed by atoms with Crippen LogP contribution >= 0.6 is 0 Å². The fourth-order valence-corrected chi connectivity index (χ4v) is 2.31. The van der Waals surface area contributed by atoms with Crippen LogP contribution < -0.4 is 15.2 Å². The van der Waals surface area contributed by atoms with Crippen LogP contribution in [0.2, 0.25) is 0 Å². The average molecular weight is 347 g/mol. The van der Waals surface area contributed by atoms with Crippen molar-refractivity contribution in [1.29, 1.82) is 0 Å². The van der Waals surface area contributed by atoms with Crippen LogP contribution in [0.4, 0.5) is 4.39 Å². The van der Waals surface area contributed by atoms with Crippen molar-refractivity contribution in [3.8, 4) is 11.5 Å². The van der Waals surface area contributed by atoms with E-state index in [1.165, 1.54) is 19.2 Å². The zero-order valence-electron chi connectivity index (χ0n) is 14.3. The first-order chi connectivity index (χ1) is 12.0. The lowest BCUT2D eigenvalue weighted by molar-refractivity contribution is -0.144. The van der Waals surface area contributed by atoms with Gasteiger partial charge in [-0.25, -0.2) is 4.39 Å². The van der Waals surface area contributed by atoms with Gasteiger partial charge in [0.25, 0.3) is 0 Å². The van der Waals surface area contributed by atoms with Crippen LogP contribution in [0.3, 0.4) is 0 Å². The number of carbonyl (C=O) groups excluding carboxylic acids is 1. The van der Waals surface area contributed by atoms with E-state index in [0.29, 0.717) is 12.4 Å². The summed E-state index contributed by atoms with van der Waals surface area (Å²) in [6, 6.07) is 11.3. The molecule has 0 saturated carbocycles. The molecule has 0 aliphatic carbocycles. The monoisotopic (exact) mass is 347 g/mol. The zero-order chi connectivity index (χ0) is 18.2. The van der Waals surface area contributed by atoms with E-state index in [1.54, 1.807) is 6.92 Å². The number of hydrogen-bond acceptors (Lipinski definition) is 5. The molecule has 0 heterocycles. The largest absolute Gasteiger partial charge is 0.493 e. The molecule has 0 spiro atoms. The number of ether oxygens (including phenoxy) is 3. The summed E-state index contributed by atoms with van der Waals surface area (Å²) >= 11 is 0. The summed E-state index contributed by atoms with van der Waals surface area (Å²) in [7, 11) is 1.47. The fraction of sp³-hybridized carbons (Fsp3) is 0.316. The number of methoxy groups -OCH3 is 1. The van der Waals surface area contributed by atoms with E-state index in [9.17, 15) is 9.18 Å². The second kappa shape index (κ2) is 9.03. The number of benzene rings is 2. The van der Waals surface area contributed by atoms with E-state index in [4.69, 9.17) is 19.9 Å². The van der Waals surface area contributed by atoms with E-state index in [1.807, 2.05) is 30.3 Å². The molecular weight excluding hydrogens is 325 g/mol. The van der Waals surface area contributed by atoms with E-state index < -0.39 is 17.8 Å². The summed E-state index contributed by atoms with van der Waals surface area (Å²) in [5.41, 5.74) is 6.98. The molecule has 5 nitrogen and oxygen atoms in total. The Hall–Kier alpha value is -2.60. The highest BCUT2D eigenvalue weighted by Gasteiger charge is 2.19. The molecule has 1 unspecified atom stereocenters. The third-order valence-corrected chi connectivity index (χ3v) is 3.60. The van der Waals surface area contributed by atoms with Crippen molar-refractivity contribution in [2.75, 3.05) is 13.7 Å². The Labute approximate surface area is 146 Å². The minimum Gasteiger partial charge on any atom is -0.493 e. The molecule has 134 valence electrons. The third kappa shape index (κ3) is 5.19. The Morgan fingerprint density at radius 3 is 2.56 bits per heavy atom. The van der Waals surface area contributed by atoms with Crippen molar-refractivity contribution in [3.05, 3.63) is 59.4 Å². The molecule has 0 saturated heterocycles. The van der Waals surface area contributed by atoms with Crippen LogP contribution in [0.25, 0.3) is 0 Å². The molecule has 2 N–H and O–H groups in total. The highest BCUT2D eigenvalue weighted by atomic mass is 19.1. The Balaban J connectivity index is 2.12. The summed E-state index contributed by atoms with van der Waals surface area (Å²) in [4.78, 5) is 11.6.